The minimum Gasteiger partial charge on any atom is -0.497 e. The quantitative estimate of drug-likeness (QED) is 0.727. The third kappa shape index (κ3) is 3.17. The zero-order valence-corrected chi connectivity index (χ0v) is 14.6. The molecule has 0 saturated heterocycles. The molecule has 1 aliphatic heterocycles. The van der Waals surface area contributed by atoms with E-state index in [4.69, 9.17) is 10.00 Å². The van der Waals surface area contributed by atoms with Crippen LogP contribution in [0.5, 0.6) is 5.75 Å². The van der Waals surface area contributed by atoms with Gasteiger partial charge in [0.2, 0.25) is 0 Å². The van der Waals surface area contributed by atoms with Gasteiger partial charge in [-0.2, -0.15) is 5.26 Å². The molecule has 0 saturated carbocycles. The van der Waals surface area contributed by atoms with E-state index in [9.17, 15) is 0 Å². The summed E-state index contributed by atoms with van der Waals surface area (Å²) in [4.78, 5) is 2.33. The lowest BCUT2D eigenvalue weighted by atomic mass is 10.1. The highest BCUT2D eigenvalue weighted by atomic mass is 16.5. The van der Waals surface area contributed by atoms with Crippen molar-refractivity contribution < 1.29 is 4.74 Å². The molecule has 0 amide bonds. The third-order valence-electron chi connectivity index (χ3n) is 4.64. The first-order valence-corrected chi connectivity index (χ1v) is 8.55. The van der Waals surface area contributed by atoms with Crippen LogP contribution in [-0.4, -0.2) is 33.3 Å². The minimum absolute atomic E-state index is 0.699. The summed E-state index contributed by atoms with van der Waals surface area (Å²) >= 11 is 0. The average molecular weight is 345 g/mol. The molecule has 2 aromatic carbocycles. The minimum atomic E-state index is 0.699. The fourth-order valence-electron chi connectivity index (χ4n) is 3.29. The van der Waals surface area contributed by atoms with Crippen LogP contribution in [0.1, 0.15) is 17.0 Å². The first-order chi connectivity index (χ1) is 12.8. The number of nitriles is 1. The molecule has 26 heavy (non-hydrogen) atoms. The number of methoxy groups -OCH3 is 1. The van der Waals surface area contributed by atoms with Crippen molar-refractivity contribution in [3.8, 4) is 23.2 Å². The molecule has 6 heteroatoms. The number of nitrogens with zero attached hydrogens (tertiary/aromatic N) is 5. The fourth-order valence-corrected chi connectivity index (χ4v) is 3.29. The number of ether oxygens (including phenoxy) is 1. The normalized spacial score (nSPS) is 13.8. The first-order valence-electron chi connectivity index (χ1n) is 8.55. The summed E-state index contributed by atoms with van der Waals surface area (Å²) in [5.74, 6) is 2.70. The Kier molecular flexibility index (Phi) is 4.38. The molecule has 130 valence electrons. The Morgan fingerprint density at radius 2 is 1.96 bits per heavy atom. The third-order valence-corrected chi connectivity index (χ3v) is 4.64. The second-order valence-electron chi connectivity index (χ2n) is 6.34. The molecule has 0 radical (unpaired) electrons. The van der Waals surface area contributed by atoms with Crippen LogP contribution in [0.2, 0.25) is 0 Å². The lowest BCUT2D eigenvalue weighted by molar-refractivity contribution is 0.209. The predicted molar refractivity (Wildman–Crippen MR) is 97.3 cm³/mol. The van der Waals surface area contributed by atoms with Gasteiger partial charge in [0.05, 0.1) is 25.3 Å². The molecule has 0 aliphatic carbocycles. The van der Waals surface area contributed by atoms with E-state index in [2.05, 4.69) is 31.8 Å². The molecule has 1 aromatic heterocycles. The molecule has 0 bridgehead atoms. The Bertz CT molecular complexity index is 955. The summed E-state index contributed by atoms with van der Waals surface area (Å²) in [6.45, 7) is 3.33. The number of hydrogen-bond acceptors (Lipinski definition) is 5. The summed E-state index contributed by atoms with van der Waals surface area (Å²) in [5.41, 5.74) is 2.89. The summed E-state index contributed by atoms with van der Waals surface area (Å²) in [6.07, 6.45) is 0. The molecule has 2 heterocycles. The van der Waals surface area contributed by atoms with Gasteiger partial charge in [0.1, 0.15) is 11.6 Å². The van der Waals surface area contributed by atoms with Crippen LogP contribution in [0.25, 0.3) is 11.4 Å². The van der Waals surface area contributed by atoms with Crippen molar-refractivity contribution in [2.45, 2.75) is 19.6 Å². The fraction of sp³-hybridized carbons (Fsp3) is 0.250. The highest BCUT2D eigenvalue weighted by Gasteiger charge is 2.22. The van der Waals surface area contributed by atoms with Crippen molar-refractivity contribution in [3.63, 3.8) is 0 Å². The van der Waals surface area contributed by atoms with Crippen LogP contribution in [0.15, 0.2) is 48.5 Å². The van der Waals surface area contributed by atoms with E-state index in [-0.39, 0.29) is 0 Å². The van der Waals surface area contributed by atoms with Gasteiger partial charge in [-0.3, -0.25) is 4.90 Å². The largest absolute Gasteiger partial charge is 0.497 e. The topological polar surface area (TPSA) is 67.0 Å². The van der Waals surface area contributed by atoms with E-state index < -0.39 is 0 Å². The maximum absolute atomic E-state index is 9.05. The van der Waals surface area contributed by atoms with Crippen molar-refractivity contribution in [1.82, 2.24) is 19.7 Å². The number of rotatable bonds is 4. The predicted octanol–water partition coefficient (Wildman–Crippen LogP) is 2.84. The van der Waals surface area contributed by atoms with Gasteiger partial charge in [0.25, 0.3) is 0 Å². The molecule has 0 atom stereocenters. The molecule has 0 fully saturated rings. The number of fused-ring (bicyclic) bond motifs is 1. The SMILES string of the molecule is COc1ccc(-c2nnc3n2CCN(Cc2cccc(C#N)c2)C3)cc1. The summed E-state index contributed by atoms with van der Waals surface area (Å²) in [5, 5.41) is 17.8. The van der Waals surface area contributed by atoms with Gasteiger partial charge in [-0.1, -0.05) is 12.1 Å². The maximum atomic E-state index is 9.05. The lowest BCUT2D eigenvalue weighted by Gasteiger charge is -2.27. The standard InChI is InChI=1S/C20H19N5O/c1-26-18-7-5-17(6-8-18)20-23-22-19-14-24(9-10-25(19)20)13-16-4-2-3-15(11-16)12-21/h2-8,11H,9-10,13-14H2,1H3. The molecular weight excluding hydrogens is 326 g/mol. The first kappa shape index (κ1) is 16.3. The van der Waals surface area contributed by atoms with E-state index in [1.807, 2.05) is 42.5 Å². The van der Waals surface area contributed by atoms with Gasteiger partial charge < -0.3 is 9.30 Å². The highest BCUT2D eigenvalue weighted by molar-refractivity contribution is 5.56. The monoisotopic (exact) mass is 345 g/mol. The number of hydrogen-bond donors (Lipinski definition) is 0. The molecule has 0 spiro atoms. The van der Waals surface area contributed by atoms with E-state index in [0.717, 1.165) is 54.7 Å². The van der Waals surface area contributed by atoms with Gasteiger partial charge >= 0.3 is 0 Å². The molecule has 0 unspecified atom stereocenters. The molecule has 0 N–H and O–H groups in total. The van der Waals surface area contributed by atoms with Crippen molar-refractivity contribution >= 4 is 0 Å². The molecule has 6 nitrogen and oxygen atoms in total. The summed E-state index contributed by atoms with van der Waals surface area (Å²) < 4.78 is 7.40. The Hall–Kier alpha value is -3.17. The van der Waals surface area contributed by atoms with Gasteiger partial charge in [-0.25, -0.2) is 0 Å². The van der Waals surface area contributed by atoms with Crippen LogP contribution in [-0.2, 0) is 19.6 Å². The second-order valence-corrected chi connectivity index (χ2v) is 6.34. The summed E-state index contributed by atoms with van der Waals surface area (Å²) in [7, 11) is 1.66. The average Bonchev–Trinajstić information content (AvgIpc) is 3.11. The van der Waals surface area contributed by atoms with Gasteiger partial charge in [-0.15, -0.1) is 10.2 Å². The van der Waals surface area contributed by atoms with Gasteiger partial charge in [0, 0.05) is 25.2 Å². The van der Waals surface area contributed by atoms with Crippen molar-refractivity contribution in [2.24, 2.45) is 0 Å². The van der Waals surface area contributed by atoms with Gasteiger partial charge in [0.15, 0.2) is 5.82 Å². The van der Waals surface area contributed by atoms with E-state index in [0.29, 0.717) is 5.56 Å². The molecular formula is C20H19N5O. The van der Waals surface area contributed by atoms with Crippen LogP contribution in [0.3, 0.4) is 0 Å². The van der Waals surface area contributed by atoms with Crippen LogP contribution < -0.4 is 4.74 Å². The number of benzene rings is 2. The Balaban J connectivity index is 1.51. The lowest BCUT2D eigenvalue weighted by Crippen LogP contribution is -2.33. The second kappa shape index (κ2) is 6.98. The zero-order valence-electron chi connectivity index (χ0n) is 14.6. The van der Waals surface area contributed by atoms with E-state index in [1.165, 1.54) is 0 Å². The maximum Gasteiger partial charge on any atom is 0.164 e. The summed E-state index contributed by atoms with van der Waals surface area (Å²) in [6, 6.07) is 17.9. The van der Waals surface area contributed by atoms with Gasteiger partial charge in [-0.05, 0) is 42.0 Å². The highest BCUT2D eigenvalue weighted by Crippen LogP contribution is 2.24. The molecule has 1 aliphatic rings. The van der Waals surface area contributed by atoms with Crippen molar-refractivity contribution in [1.29, 1.82) is 5.26 Å². The van der Waals surface area contributed by atoms with Crippen LogP contribution in [0, 0.1) is 11.3 Å². The van der Waals surface area contributed by atoms with E-state index >= 15 is 0 Å². The molecule has 4 rings (SSSR count). The number of aromatic nitrogens is 3. The van der Waals surface area contributed by atoms with Crippen molar-refractivity contribution in [2.75, 3.05) is 13.7 Å². The Labute approximate surface area is 152 Å². The van der Waals surface area contributed by atoms with Crippen LogP contribution in [0.4, 0.5) is 0 Å². The Morgan fingerprint density at radius 1 is 1.12 bits per heavy atom. The Morgan fingerprint density at radius 3 is 2.73 bits per heavy atom. The van der Waals surface area contributed by atoms with Crippen molar-refractivity contribution in [3.05, 3.63) is 65.5 Å². The van der Waals surface area contributed by atoms with Crippen LogP contribution >= 0.6 is 0 Å². The molecule has 3 aromatic rings. The zero-order chi connectivity index (χ0) is 17.9. The smallest absolute Gasteiger partial charge is 0.164 e. The van der Waals surface area contributed by atoms with E-state index in [1.54, 1.807) is 7.11 Å².